The van der Waals surface area contributed by atoms with E-state index in [4.69, 9.17) is 4.42 Å². The van der Waals surface area contributed by atoms with Crippen molar-refractivity contribution in [3.05, 3.63) is 170 Å². The van der Waals surface area contributed by atoms with Crippen molar-refractivity contribution in [2.24, 2.45) is 0 Å². The highest BCUT2D eigenvalue weighted by atomic mass is 16.3. The normalized spacial score (nSPS) is 12.0. The van der Waals surface area contributed by atoms with E-state index in [0.29, 0.717) is 0 Å². The van der Waals surface area contributed by atoms with Crippen molar-refractivity contribution < 1.29 is 4.42 Å². The number of rotatable bonds is 3. The molecule has 0 fully saturated rings. The number of aromatic amines is 1. The molecule has 11 aromatic rings. The summed E-state index contributed by atoms with van der Waals surface area (Å²) >= 11 is 0. The van der Waals surface area contributed by atoms with E-state index in [1.165, 1.54) is 65.3 Å². The van der Waals surface area contributed by atoms with Crippen LogP contribution in [0.5, 0.6) is 0 Å². The van der Waals surface area contributed by atoms with Crippen molar-refractivity contribution in [3.63, 3.8) is 0 Å². The Morgan fingerprint density at radius 2 is 0.960 bits per heavy atom. The first-order chi connectivity index (χ1) is 24.8. The Balaban J connectivity index is 1.22. The van der Waals surface area contributed by atoms with Crippen LogP contribution in [0.25, 0.3) is 109 Å². The van der Waals surface area contributed by atoms with Gasteiger partial charge < -0.3 is 9.40 Å². The highest BCUT2D eigenvalue weighted by Crippen LogP contribution is 2.47. The molecule has 0 bridgehead atoms. The van der Waals surface area contributed by atoms with E-state index >= 15 is 0 Å². The molecule has 2 heterocycles. The molecule has 0 radical (unpaired) electrons. The molecule has 0 saturated carbocycles. The van der Waals surface area contributed by atoms with Crippen LogP contribution in [-0.2, 0) is 0 Å². The summed E-state index contributed by atoms with van der Waals surface area (Å²) in [6.45, 7) is 0. The molecule has 2 nitrogen and oxygen atoms in total. The summed E-state index contributed by atoms with van der Waals surface area (Å²) < 4.78 is 6.71. The zero-order valence-electron chi connectivity index (χ0n) is 27.1. The Kier molecular flexibility index (Phi) is 5.70. The molecule has 0 spiro atoms. The number of hydrogen-bond acceptors (Lipinski definition) is 1. The van der Waals surface area contributed by atoms with Gasteiger partial charge in [-0.1, -0.05) is 146 Å². The lowest BCUT2D eigenvalue weighted by atomic mass is 9.84. The van der Waals surface area contributed by atoms with E-state index in [2.05, 4.69) is 169 Å². The van der Waals surface area contributed by atoms with Crippen molar-refractivity contribution in [2.45, 2.75) is 0 Å². The minimum absolute atomic E-state index is 0.895. The summed E-state index contributed by atoms with van der Waals surface area (Å²) in [5.41, 5.74) is 11.2. The maximum atomic E-state index is 6.71. The third-order valence-electron chi connectivity index (χ3n) is 10.6. The van der Waals surface area contributed by atoms with Crippen LogP contribution >= 0.6 is 0 Å². The molecule has 0 atom stereocenters. The van der Waals surface area contributed by atoms with E-state index in [1.54, 1.807) is 0 Å². The number of aromatic nitrogens is 1. The minimum atomic E-state index is 0.895. The SMILES string of the molecule is c1cc(-c2c3ccccc3c(-c3cccc4ccccc34)c3ccccc23)cc(-c2cc3c4ccccc4[nH]c3c3c2oc2ccccc23)c1. The average Bonchev–Trinajstić information content (AvgIpc) is 3.75. The lowest BCUT2D eigenvalue weighted by molar-refractivity contribution is 0.670. The second-order valence-electron chi connectivity index (χ2n) is 13.3. The molecule has 1 N–H and O–H groups in total. The molecule has 0 unspecified atom stereocenters. The predicted molar refractivity (Wildman–Crippen MR) is 212 cm³/mol. The van der Waals surface area contributed by atoms with Gasteiger partial charge in [0.05, 0.1) is 10.9 Å². The van der Waals surface area contributed by atoms with Crippen LogP contribution in [-0.4, -0.2) is 4.98 Å². The number of hydrogen-bond donors (Lipinski definition) is 1. The van der Waals surface area contributed by atoms with Crippen LogP contribution in [0, 0.1) is 0 Å². The van der Waals surface area contributed by atoms with Gasteiger partial charge in [-0.15, -0.1) is 0 Å². The highest BCUT2D eigenvalue weighted by molar-refractivity contribution is 6.27. The molecule has 0 saturated heterocycles. The molecule has 0 aliphatic rings. The Bertz CT molecular complexity index is 3100. The Hall–Kier alpha value is -6.64. The molecule has 232 valence electrons. The first-order valence-electron chi connectivity index (χ1n) is 17.2. The van der Waals surface area contributed by atoms with Crippen LogP contribution < -0.4 is 0 Å². The summed E-state index contributed by atoms with van der Waals surface area (Å²) in [5.74, 6) is 0. The zero-order chi connectivity index (χ0) is 32.8. The summed E-state index contributed by atoms with van der Waals surface area (Å²) in [5, 5.41) is 12.2. The third-order valence-corrected chi connectivity index (χ3v) is 10.6. The Labute approximate surface area is 287 Å². The van der Waals surface area contributed by atoms with Gasteiger partial charge in [-0.25, -0.2) is 0 Å². The maximum absolute atomic E-state index is 6.71. The molecular weight excluding hydrogens is 607 g/mol. The van der Waals surface area contributed by atoms with Crippen LogP contribution in [0.15, 0.2) is 174 Å². The predicted octanol–water partition coefficient (Wildman–Crippen LogP) is 13.7. The largest absolute Gasteiger partial charge is 0.455 e. The molecule has 9 aromatic carbocycles. The number of para-hydroxylation sites is 2. The zero-order valence-corrected chi connectivity index (χ0v) is 27.1. The smallest absolute Gasteiger partial charge is 0.145 e. The van der Waals surface area contributed by atoms with Gasteiger partial charge >= 0.3 is 0 Å². The van der Waals surface area contributed by atoms with E-state index < -0.39 is 0 Å². The topological polar surface area (TPSA) is 28.9 Å². The van der Waals surface area contributed by atoms with Gasteiger partial charge in [0.25, 0.3) is 0 Å². The molecular formula is C48H29NO. The van der Waals surface area contributed by atoms with Crippen molar-refractivity contribution in [2.75, 3.05) is 0 Å². The summed E-state index contributed by atoms with van der Waals surface area (Å²) in [6.07, 6.45) is 0. The molecule has 0 amide bonds. The van der Waals surface area contributed by atoms with Gasteiger partial charge in [-0.2, -0.15) is 0 Å². The fraction of sp³-hybridized carbons (Fsp3) is 0. The second kappa shape index (κ2) is 10.4. The van der Waals surface area contributed by atoms with Crippen molar-refractivity contribution >= 4 is 76.1 Å². The van der Waals surface area contributed by atoms with Gasteiger partial charge in [-0.3, -0.25) is 0 Å². The second-order valence-corrected chi connectivity index (χ2v) is 13.3. The average molecular weight is 636 g/mol. The Morgan fingerprint density at radius 3 is 1.74 bits per heavy atom. The van der Waals surface area contributed by atoms with E-state index in [1.807, 2.05) is 6.07 Å². The molecule has 11 rings (SSSR count). The summed E-state index contributed by atoms with van der Waals surface area (Å²) in [4.78, 5) is 3.73. The van der Waals surface area contributed by atoms with Crippen LogP contribution in [0.1, 0.15) is 0 Å². The van der Waals surface area contributed by atoms with Gasteiger partial charge in [0.1, 0.15) is 11.2 Å². The first kappa shape index (κ1) is 27.3. The van der Waals surface area contributed by atoms with Crippen molar-refractivity contribution in [3.8, 4) is 33.4 Å². The monoisotopic (exact) mass is 635 g/mol. The van der Waals surface area contributed by atoms with Crippen molar-refractivity contribution in [1.29, 1.82) is 0 Å². The lowest BCUT2D eigenvalue weighted by Gasteiger charge is -2.19. The number of benzene rings is 9. The van der Waals surface area contributed by atoms with Crippen molar-refractivity contribution in [1.82, 2.24) is 4.98 Å². The summed E-state index contributed by atoms with van der Waals surface area (Å²) in [7, 11) is 0. The number of H-pyrrole nitrogens is 1. The third kappa shape index (κ3) is 3.85. The van der Waals surface area contributed by atoms with E-state index in [-0.39, 0.29) is 0 Å². The molecule has 2 heteroatoms. The van der Waals surface area contributed by atoms with E-state index in [0.717, 1.165) is 44.1 Å². The lowest BCUT2D eigenvalue weighted by Crippen LogP contribution is -1.92. The first-order valence-corrected chi connectivity index (χ1v) is 17.2. The van der Waals surface area contributed by atoms with Gasteiger partial charge in [-0.05, 0) is 84.4 Å². The number of nitrogens with one attached hydrogen (secondary N) is 1. The molecule has 0 aliphatic heterocycles. The van der Waals surface area contributed by atoms with Crippen LogP contribution in [0.4, 0.5) is 0 Å². The molecule has 2 aromatic heterocycles. The fourth-order valence-electron chi connectivity index (χ4n) is 8.43. The molecule has 50 heavy (non-hydrogen) atoms. The quantitative estimate of drug-likeness (QED) is 0.192. The highest BCUT2D eigenvalue weighted by Gasteiger charge is 2.21. The number of furan rings is 1. The molecule has 0 aliphatic carbocycles. The van der Waals surface area contributed by atoms with Gasteiger partial charge in [0.2, 0.25) is 0 Å². The van der Waals surface area contributed by atoms with E-state index in [9.17, 15) is 0 Å². The van der Waals surface area contributed by atoms with Crippen LogP contribution in [0.2, 0.25) is 0 Å². The van der Waals surface area contributed by atoms with Crippen LogP contribution in [0.3, 0.4) is 0 Å². The standard InChI is InChI=1S/C48H29NO/c1-2-17-32-29(13-1)14-12-24-34(32)45-37-21-5-3-19-35(37)44(36-20-4-6-22-38(36)45)31-16-11-15-30(27-31)40-28-41-33-18-7-9-25-42(33)49-47(41)46-39-23-8-10-26-43(39)50-48(40)46/h1-28,49H. The van der Waals surface area contributed by atoms with Gasteiger partial charge in [0.15, 0.2) is 0 Å². The van der Waals surface area contributed by atoms with Gasteiger partial charge in [0, 0.05) is 27.2 Å². The number of fused-ring (bicyclic) bond motifs is 10. The minimum Gasteiger partial charge on any atom is -0.455 e. The maximum Gasteiger partial charge on any atom is 0.145 e. The fourth-order valence-corrected chi connectivity index (χ4v) is 8.43. The Morgan fingerprint density at radius 1 is 0.380 bits per heavy atom. The summed E-state index contributed by atoms with van der Waals surface area (Å²) in [6, 6.07) is 61.5.